The fourth-order valence-electron chi connectivity index (χ4n) is 13.8. The Hall–Kier alpha value is -4.88. The molecule has 0 N–H and O–H groups in total. The Morgan fingerprint density at radius 2 is 0.464 bits per heavy atom. The van der Waals surface area contributed by atoms with Crippen molar-refractivity contribution in [3.05, 3.63) is 54.6 Å². The fraction of sp³-hybridized carbons (Fsp3) is 0. The van der Waals surface area contributed by atoms with Gasteiger partial charge in [-0.3, -0.25) is 0 Å². The van der Waals surface area contributed by atoms with Crippen LogP contribution in [0.1, 0.15) is 0 Å². The van der Waals surface area contributed by atoms with E-state index in [1.165, 1.54) is 213 Å². The minimum Gasteiger partial charge on any atom is -0.101 e. The molecule has 0 fully saturated rings. The van der Waals surface area contributed by atoms with Gasteiger partial charge in [-0.25, -0.2) is 0 Å². The van der Waals surface area contributed by atoms with Gasteiger partial charge in [-0.05, 0) is 104 Å². The Morgan fingerprint density at radius 1 is 0.188 bits per heavy atom. The van der Waals surface area contributed by atoms with Crippen molar-refractivity contribution in [2.45, 2.75) is 0 Å². The first kappa shape index (κ1) is 47.8. The summed E-state index contributed by atoms with van der Waals surface area (Å²) in [5.41, 5.74) is 37.7. The molecule has 0 aromatic heterocycles. The number of hydrogen-bond acceptors (Lipinski definition) is 0. The summed E-state index contributed by atoms with van der Waals surface area (Å²) in [4.78, 5) is 0. The van der Waals surface area contributed by atoms with Gasteiger partial charge in [-0.1, -0.05) is 125 Å². The molecule has 10 aromatic carbocycles. The second-order valence-corrected chi connectivity index (χ2v) is 21.7. The summed E-state index contributed by atoms with van der Waals surface area (Å²) in [5.74, 6) is 0. The zero-order chi connectivity index (χ0) is 49.9. The van der Waals surface area contributed by atoms with Crippen molar-refractivity contribution in [3.8, 4) is 33.4 Å². The molecule has 0 aliphatic rings. The van der Waals surface area contributed by atoms with Gasteiger partial charge in [-0.2, -0.15) is 0 Å². The zero-order valence-corrected chi connectivity index (χ0v) is 45.7. The lowest BCUT2D eigenvalue weighted by atomic mass is 9.55. The minimum atomic E-state index is 1.28. The summed E-state index contributed by atoms with van der Waals surface area (Å²) in [5, 5.41) is 16.5. The average molecular weight is 855 g/mol. The maximum absolute atomic E-state index is 2.51. The van der Waals surface area contributed by atoms with Crippen molar-refractivity contribution < 1.29 is 0 Å². The predicted octanol–water partition coefficient (Wildman–Crippen LogP) is -23.0. The molecule has 0 aliphatic carbocycles. The van der Waals surface area contributed by atoms with E-state index < -0.39 is 0 Å². The molecule has 0 amide bonds. The Labute approximate surface area is 429 Å². The lowest BCUT2D eigenvalue weighted by Gasteiger charge is -2.32. The molecular formula is C48H51B21. The van der Waals surface area contributed by atoms with Crippen LogP contribution in [-0.2, 0) is 0 Å². The first-order valence-electron chi connectivity index (χ1n) is 25.5. The molecule has 0 nitrogen and oxygen atoms in total. The third-order valence-corrected chi connectivity index (χ3v) is 19.1. The molecule has 0 heterocycles. The highest BCUT2D eigenvalue weighted by molar-refractivity contribution is 6.76. The number of fused-ring (bicyclic) bond motifs is 7. The first-order chi connectivity index (χ1) is 32.6. The molecule has 0 spiro atoms. The number of rotatable bonds is 3. The third kappa shape index (κ3) is 6.32. The monoisotopic (exact) mass is 859 g/mol. The van der Waals surface area contributed by atoms with Gasteiger partial charge in [0.05, 0.1) is 0 Å². The standard InChI is InChI=1S/C48H51B21/c49-28-23(36(57)38(59)27-26(28)39(60)37(58)24(29(27)50)21-22-25(40(61)42(63)34(21)55)41(62)48(69)47(68)35(22)56)16-19-17(30(51)43(64)45(66)32(19)53)15(18-20(16)33(54)46(67)44(65)31(18)52)14-9-10-5-1-2-6-11(10)12-7-3-4-8-13(12)14/h1-9H,49-69H2. The molecule has 69 heavy (non-hydrogen) atoms. The molecule has 0 atom stereocenters. The molecule has 306 valence electrons. The van der Waals surface area contributed by atoms with Crippen LogP contribution in [0.15, 0.2) is 54.6 Å². The molecule has 0 aliphatic heterocycles. The smallest absolute Gasteiger partial charge is 0.101 e. The molecule has 0 saturated heterocycles. The van der Waals surface area contributed by atoms with Crippen molar-refractivity contribution in [2.24, 2.45) is 0 Å². The maximum atomic E-state index is 2.51. The average Bonchev–Trinajstić information content (AvgIpc) is 3.34. The van der Waals surface area contributed by atoms with Crippen LogP contribution >= 0.6 is 0 Å². The largest absolute Gasteiger partial charge is 0.140 e. The highest BCUT2D eigenvalue weighted by Gasteiger charge is 2.30. The molecule has 0 bridgehead atoms. The van der Waals surface area contributed by atoms with Gasteiger partial charge in [0.25, 0.3) is 0 Å². The lowest BCUT2D eigenvalue weighted by Crippen LogP contribution is -2.53. The van der Waals surface area contributed by atoms with Gasteiger partial charge >= 0.3 is 0 Å². The first-order valence-corrected chi connectivity index (χ1v) is 25.5. The molecule has 0 radical (unpaired) electrons. The van der Waals surface area contributed by atoms with Crippen LogP contribution in [0.5, 0.6) is 0 Å². The summed E-state index contributed by atoms with van der Waals surface area (Å²) in [7, 11) is 50.1. The van der Waals surface area contributed by atoms with E-state index in [1.807, 2.05) is 0 Å². The molecule has 0 saturated carbocycles. The third-order valence-electron chi connectivity index (χ3n) is 19.1. The minimum absolute atomic E-state index is 1.28. The summed E-state index contributed by atoms with van der Waals surface area (Å²) >= 11 is 0. The summed E-state index contributed by atoms with van der Waals surface area (Å²) in [6.07, 6.45) is 0. The summed E-state index contributed by atoms with van der Waals surface area (Å²) < 4.78 is 0. The van der Waals surface area contributed by atoms with E-state index in [0.717, 1.165) is 0 Å². The zero-order valence-electron chi connectivity index (χ0n) is 45.7. The number of hydrogen-bond donors (Lipinski definition) is 0. The van der Waals surface area contributed by atoms with Gasteiger partial charge in [0, 0.05) is 0 Å². The Bertz CT molecular complexity index is 4000. The highest BCUT2D eigenvalue weighted by atomic mass is 14.3. The van der Waals surface area contributed by atoms with Gasteiger partial charge in [0.15, 0.2) is 0 Å². The van der Waals surface area contributed by atoms with Gasteiger partial charge < -0.3 is 0 Å². The van der Waals surface area contributed by atoms with Gasteiger partial charge in [-0.15, -0.1) is 38.2 Å². The van der Waals surface area contributed by atoms with E-state index in [1.54, 1.807) is 0 Å². The Kier molecular flexibility index (Phi) is 11.5. The van der Waals surface area contributed by atoms with Crippen LogP contribution in [0, 0.1) is 0 Å². The quantitative estimate of drug-likeness (QED) is 0.0944. The van der Waals surface area contributed by atoms with Gasteiger partial charge in [0.2, 0.25) is 0 Å². The molecule has 10 rings (SSSR count). The summed E-state index contributed by atoms with van der Waals surface area (Å²) in [6.45, 7) is 0. The van der Waals surface area contributed by atoms with E-state index in [4.69, 9.17) is 0 Å². The van der Waals surface area contributed by atoms with E-state index in [9.17, 15) is 0 Å². The van der Waals surface area contributed by atoms with Crippen LogP contribution in [0.4, 0.5) is 0 Å². The van der Waals surface area contributed by atoms with Crippen molar-refractivity contribution in [2.75, 3.05) is 0 Å². The topological polar surface area (TPSA) is 0 Å². The van der Waals surface area contributed by atoms with Crippen molar-refractivity contribution in [1.29, 1.82) is 0 Å². The van der Waals surface area contributed by atoms with Crippen molar-refractivity contribution in [1.82, 2.24) is 0 Å². The van der Waals surface area contributed by atoms with Crippen LogP contribution in [0.25, 0.3) is 98.0 Å². The van der Waals surface area contributed by atoms with E-state index in [0.29, 0.717) is 0 Å². The Morgan fingerprint density at radius 3 is 0.899 bits per heavy atom. The van der Waals surface area contributed by atoms with E-state index in [-0.39, 0.29) is 0 Å². The molecular weight excluding hydrogens is 804 g/mol. The second kappa shape index (κ2) is 16.6. The van der Waals surface area contributed by atoms with Crippen LogP contribution in [0.2, 0.25) is 0 Å². The van der Waals surface area contributed by atoms with E-state index in [2.05, 4.69) is 219 Å². The SMILES string of the molecule is Bc1c(-c2c3c(B)c(B)c(B)c(B)c3c(-c3cc4ccccc4c4ccccc34)c3c(B)c(B)c(B)c(B)c23)c(B)c2c(B)c(B)c(-c3c(B)c(B)c(B)c4c(B)c(B)c(B)c(B)c34)c(B)c2c1B. The number of benzene rings is 10. The summed E-state index contributed by atoms with van der Waals surface area (Å²) in [6, 6.07) is 20.6. The molecule has 0 unspecified atom stereocenters. The highest BCUT2D eigenvalue weighted by Crippen LogP contribution is 2.44. The van der Waals surface area contributed by atoms with Crippen molar-refractivity contribution >= 4 is 344 Å². The fourth-order valence-corrected chi connectivity index (χ4v) is 13.8. The molecule has 21 heteroatoms. The molecule has 10 aromatic rings. The van der Waals surface area contributed by atoms with Crippen molar-refractivity contribution in [3.63, 3.8) is 0 Å². The van der Waals surface area contributed by atoms with E-state index >= 15 is 0 Å². The van der Waals surface area contributed by atoms with Crippen LogP contribution in [-0.4, -0.2) is 165 Å². The Balaban J connectivity index is 1.44. The maximum Gasteiger partial charge on any atom is 0.140 e. The van der Waals surface area contributed by atoms with Crippen LogP contribution < -0.4 is 115 Å². The normalized spacial score (nSPS) is 11.8. The predicted molar refractivity (Wildman–Crippen MR) is 380 cm³/mol. The lowest BCUT2D eigenvalue weighted by molar-refractivity contribution is 1.75. The second-order valence-electron chi connectivity index (χ2n) is 21.7. The van der Waals surface area contributed by atoms with Crippen LogP contribution in [0.3, 0.4) is 0 Å². The van der Waals surface area contributed by atoms with Gasteiger partial charge in [0.1, 0.15) is 165 Å².